The van der Waals surface area contributed by atoms with Gasteiger partial charge < -0.3 is 15.7 Å². The minimum absolute atomic E-state index is 0.123. The third kappa shape index (κ3) is 5.64. The second-order valence-corrected chi connectivity index (χ2v) is 5.56. The second kappa shape index (κ2) is 6.83. The number of hydrogen-bond donors (Lipinski definition) is 3. The zero-order valence-corrected chi connectivity index (χ0v) is 11.9. The molecule has 2 amide bonds. The van der Waals surface area contributed by atoms with E-state index in [0.29, 0.717) is 5.69 Å². The van der Waals surface area contributed by atoms with Crippen molar-refractivity contribution in [2.75, 3.05) is 0 Å². The highest BCUT2D eigenvalue weighted by atomic mass is 16.4. The van der Waals surface area contributed by atoms with Gasteiger partial charge in [0.2, 0.25) is 0 Å². The quantitative estimate of drug-likeness (QED) is 0.751. The average molecular weight is 280 g/mol. The van der Waals surface area contributed by atoms with Crippen LogP contribution in [0.25, 0.3) is 0 Å². The highest BCUT2D eigenvalue weighted by Crippen LogP contribution is 2.21. The monoisotopic (exact) mass is 280 g/mol. The van der Waals surface area contributed by atoms with Crippen LogP contribution in [0.1, 0.15) is 32.9 Å². The number of urea groups is 1. The summed E-state index contributed by atoms with van der Waals surface area (Å²) in [6, 6.07) is 2.59. The molecule has 0 saturated carbocycles. The summed E-state index contributed by atoms with van der Waals surface area (Å²) in [5.41, 5.74) is 0.288. The topological polar surface area (TPSA) is 104 Å². The van der Waals surface area contributed by atoms with Crippen molar-refractivity contribution in [3.8, 4) is 0 Å². The van der Waals surface area contributed by atoms with Gasteiger partial charge in [-0.3, -0.25) is 4.79 Å². The van der Waals surface area contributed by atoms with Gasteiger partial charge in [0.25, 0.3) is 0 Å². The van der Waals surface area contributed by atoms with Gasteiger partial charge in [-0.15, -0.1) is 0 Å². The lowest BCUT2D eigenvalue weighted by atomic mass is 9.85. The Bertz CT molecular complexity index is 456. The fourth-order valence-corrected chi connectivity index (χ4v) is 1.56. The lowest BCUT2D eigenvalue weighted by molar-refractivity contribution is -0.138. The Balaban J connectivity index is 2.52. The van der Waals surface area contributed by atoms with Gasteiger partial charge in [-0.25, -0.2) is 4.79 Å². The van der Waals surface area contributed by atoms with Crippen LogP contribution in [0.3, 0.4) is 0 Å². The summed E-state index contributed by atoms with van der Waals surface area (Å²) in [5, 5.41) is 21.7. The highest BCUT2D eigenvalue weighted by Gasteiger charge is 2.28. The summed E-state index contributed by atoms with van der Waals surface area (Å²) in [6.07, 6.45) is 1.42. The number of nitrogens with one attached hydrogen (secondary N) is 2. The summed E-state index contributed by atoms with van der Waals surface area (Å²) in [4.78, 5) is 22.6. The molecule has 110 valence electrons. The van der Waals surface area contributed by atoms with E-state index in [9.17, 15) is 9.59 Å². The molecule has 1 rings (SSSR count). The van der Waals surface area contributed by atoms with Crippen molar-refractivity contribution in [1.82, 2.24) is 20.8 Å². The molecule has 0 bridgehead atoms. The number of rotatable bonds is 5. The van der Waals surface area contributed by atoms with Crippen LogP contribution in [0.15, 0.2) is 18.3 Å². The molecule has 0 aliphatic rings. The van der Waals surface area contributed by atoms with E-state index in [-0.39, 0.29) is 18.4 Å². The third-order valence-electron chi connectivity index (χ3n) is 2.79. The molecule has 0 saturated heterocycles. The van der Waals surface area contributed by atoms with Gasteiger partial charge in [-0.05, 0) is 17.5 Å². The molecule has 0 radical (unpaired) electrons. The molecule has 0 spiro atoms. The first kappa shape index (κ1) is 15.9. The first-order valence-corrected chi connectivity index (χ1v) is 6.32. The van der Waals surface area contributed by atoms with Crippen molar-refractivity contribution < 1.29 is 14.7 Å². The average Bonchev–Trinajstić information content (AvgIpc) is 2.35. The van der Waals surface area contributed by atoms with Crippen LogP contribution >= 0.6 is 0 Å². The maximum atomic E-state index is 11.8. The number of carbonyl (C=O) groups excluding carboxylic acids is 1. The Morgan fingerprint density at radius 1 is 1.40 bits per heavy atom. The van der Waals surface area contributed by atoms with Crippen molar-refractivity contribution >= 4 is 12.0 Å². The summed E-state index contributed by atoms with van der Waals surface area (Å²) in [7, 11) is 0. The maximum absolute atomic E-state index is 11.8. The molecule has 1 unspecified atom stereocenters. The third-order valence-corrected chi connectivity index (χ3v) is 2.79. The summed E-state index contributed by atoms with van der Waals surface area (Å²) in [6.45, 7) is 5.88. The van der Waals surface area contributed by atoms with Gasteiger partial charge in [0.05, 0.1) is 18.7 Å². The zero-order valence-electron chi connectivity index (χ0n) is 11.9. The molecule has 1 aromatic heterocycles. The van der Waals surface area contributed by atoms with E-state index in [2.05, 4.69) is 20.8 Å². The maximum Gasteiger partial charge on any atom is 0.315 e. The molecule has 1 aromatic rings. The normalized spacial score (nSPS) is 12.6. The number of aromatic nitrogens is 2. The van der Waals surface area contributed by atoms with E-state index in [1.54, 1.807) is 18.3 Å². The number of hydrogen-bond acceptors (Lipinski definition) is 4. The Morgan fingerprint density at radius 3 is 2.60 bits per heavy atom. The molecule has 1 heterocycles. The van der Waals surface area contributed by atoms with Crippen molar-refractivity contribution in [3.05, 3.63) is 24.0 Å². The summed E-state index contributed by atoms with van der Waals surface area (Å²) >= 11 is 0. The summed E-state index contributed by atoms with van der Waals surface area (Å²) in [5.74, 6) is -0.945. The molecule has 20 heavy (non-hydrogen) atoms. The predicted octanol–water partition coefficient (Wildman–Crippen LogP) is 1.17. The van der Waals surface area contributed by atoms with Crippen molar-refractivity contribution in [1.29, 1.82) is 0 Å². The molecule has 0 aromatic carbocycles. The van der Waals surface area contributed by atoms with E-state index < -0.39 is 18.0 Å². The number of carbonyl (C=O) groups is 2. The van der Waals surface area contributed by atoms with Gasteiger partial charge in [0.1, 0.15) is 0 Å². The largest absolute Gasteiger partial charge is 0.481 e. The molecular formula is C13H20N4O3. The van der Waals surface area contributed by atoms with Crippen molar-refractivity contribution in [2.45, 2.75) is 39.8 Å². The minimum Gasteiger partial charge on any atom is -0.481 e. The first-order valence-electron chi connectivity index (χ1n) is 6.32. The van der Waals surface area contributed by atoms with Crippen LogP contribution in [0, 0.1) is 5.41 Å². The van der Waals surface area contributed by atoms with E-state index in [1.165, 1.54) is 0 Å². The minimum atomic E-state index is -0.945. The van der Waals surface area contributed by atoms with Crippen LogP contribution in [0.5, 0.6) is 0 Å². The van der Waals surface area contributed by atoms with Crippen LogP contribution in [-0.4, -0.2) is 33.3 Å². The molecule has 1 atom stereocenters. The number of nitrogens with zero attached hydrogens (tertiary/aromatic N) is 2. The SMILES string of the molecule is CC(C)(C)C(CC(=O)O)NC(=O)NCc1cccnn1. The highest BCUT2D eigenvalue weighted by molar-refractivity contribution is 5.75. The Labute approximate surface area is 117 Å². The number of aliphatic carboxylic acids is 1. The van der Waals surface area contributed by atoms with Gasteiger partial charge in [0, 0.05) is 12.2 Å². The summed E-state index contributed by atoms with van der Waals surface area (Å²) < 4.78 is 0. The van der Waals surface area contributed by atoms with E-state index in [4.69, 9.17) is 5.11 Å². The van der Waals surface area contributed by atoms with Gasteiger partial charge in [-0.2, -0.15) is 10.2 Å². The van der Waals surface area contributed by atoms with Crippen LogP contribution < -0.4 is 10.6 Å². The zero-order chi connectivity index (χ0) is 15.2. The number of carboxylic acids is 1. The number of amides is 2. The Morgan fingerprint density at radius 2 is 2.10 bits per heavy atom. The van der Waals surface area contributed by atoms with Crippen molar-refractivity contribution in [3.63, 3.8) is 0 Å². The van der Waals surface area contributed by atoms with Gasteiger partial charge in [-0.1, -0.05) is 20.8 Å². The van der Waals surface area contributed by atoms with Crippen LogP contribution in [0.2, 0.25) is 0 Å². The molecular weight excluding hydrogens is 260 g/mol. The second-order valence-electron chi connectivity index (χ2n) is 5.56. The molecule has 7 nitrogen and oxygen atoms in total. The predicted molar refractivity (Wildman–Crippen MR) is 72.9 cm³/mol. The lowest BCUT2D eigenvalue weighted by Crippen LogP contribution is -2.48. The van der Waals surface area contributed by atoms with E-state index in [1.807, 2.05) is 20.8 Å². The van der Waals surface area contributed by atoms with E-state index in [0.717, 1.165) is 0 Å². The molecule has 0 fully saturated rings. The fourth-order valence-electron chi connectivity index (χ4n) is 1.56. The van der Waals surface area contributed by atoms with Crippen LogP contribution in [-0.2, 0) is 11.3 Å². The standard InChI is InChI=1S/C13H20N4O3/c1-13(2,3)10(7-11(18)19)16-12(20)14-8-9-5-4-6-15-17-9/h4-6,10H,7-8H2,1-3H3,(H,18,19)(H2,14,16,20). The number of carboxylic acid groups (broad SMARTS) is 1. The molecule has 0 aliphatic heterocycles. The molecule has 0 aliphatic carbocycles. The van der Waals surface area contributed by atoms with Crippen LogP contribution in [0.4, 0.5) is 4.79 Å². The van der Waals surface area contributed by atoms with Gasteiger partial charge >= 0.3 is 12.0 Å². The fraction of sp³-hybridized carbons (Fsp3) is 0.538. The van der Waals surface area contributed by atoms with Gasteiger partial charge in [0.15, 0.2) is 0 Å². The Hall–Kier alpha value is -2.18. The first-order chi connectivity index (χ1) is 9.29. The van der Waals surface area contributed by atoms with Crippen molar-refractivity contribution in [2.24, 2.45) is 5.41 Å². The smallest absolute Gasteiger partial charge is 0.315 e. The molecule has 7 heteroatoms. The lowest BCUT2D eigenvalue weighted by Gasteiger charge is -2.30. The van der Waals surface area contributed by atoms with E-state index >= 15 is 0 Å². The molecule has 3 N–H and O–H groups in total. The Kier molecular flexibility index (Phi) is 5.42.